The normalized spacial score (nSPS) is 10.1. The first kappa shape index (κ1) is 15.2. The molecule has 2 aromatic rings. The van der Waals surface area contributed by atoms with Gasteiger partial charge in [0.05, 0.1) is 29.7 Å². The third-order valence-electron chi connectivity index (χ3n) is 2.72. The second kappa shape index (κ2) is 7.54. The van der Waals surface area contributed by atoms with E-state index in [2.05, 4.69) is 10.3 Å². The second-order valence-electron chi connectivity index (χ2n) is 4.28. The molecule has 0 fully saturated rings. The minimum atomic E-state index is -0.0533. The number of hydrogen-bond donors (Lipinski definition) is 2. The molecule has 6 heteroatoms. The van der Waals surface area contributed by atoms with Crippen LogP contribution < -0.4 is 15.8 Å². The topological polar surface area (TPSA) is 77.2 Å². The van der Waals surface area contributed by atoms with Crippen molar-refractivity contribution in [1.29, 1.82) is 0 Å². The Labute approximate surface area is 127 Å². The smallest absolute Gasteiger partial charge is 0.225 e. The molecular weight excluding hydrogens is 286 g/mol. The van der Waals surface area contributed by atoms with Gasteiger partial charge in [0.25, 0.3) is 0 Å². The maximum Gasteiger partial charge on any atom is 0.225 e. The number of methoxy groups -OCH3 is 1. The van der Waals surface area contributed by atoms with Crippen LogP contribution in [0.4, 0.5) is 11.4 Å². The number of nitrogens with zero attached hydrogens (tertiary/aromatic N) is 1. The summed E-state index contributed by atoms with van der Waals surface area (Å²) in [5.74, 6) is 1.25. The number of hydrogen-bond acceptors (Lipinski definition) is 5. The van der Waals surface area contributed by atoms with E-state index in [1.807, 2.05) is 30.3 Å². The van der Waals surface area contributed by atoms with E-state index in [0.29, 0.717) is 29.3 Å². The van der Waals surface area contributed by atoms with Gasteiger partial charge in [-0.1, -0.05) is 12.1 Å². The van der Waals surface area contributed by atoms with Gasteiger partial charge in [-0.3, -0.25) is 4.79 Å². The fraction of sp³-hybridized carbons (Fsp3) is 0.200. The van der Waals surface area contributed by atoms with Crippen molar-refractivity contribution in [3.05, 3.63) is 42.6 Å². The first-order valence-corrected chi connectivity index (χ1v) is 7.45. The van der Waals surface area contributed by atoms with Crippen LogP contribution in [0.3, 0.4) is 0 Å². The van der Waals surface area contributed by atoms with Crippen LogP contribution in [0.25, 0.3) is 0 Å². The maximum atomic E-state index is 11.9. The zero-order valence-electron chi connectivity index (χ0n) is 11.7. The molecule has 2 rings (SSSR count). The van der Waals surface area contributed by atoms with Crippen LogP contribution >= 0.6 is 11.8 Å². The summed E-state index contributed by atoms with van der Waals surface area (Å²) in [6.45, 7) is 0. The monoisotopic (exact) mass is 303 g/mol. The van der Waals surface area contributed by atoms with E-state index in [1.54, 1.807) is 19.4 Å². The van der Waals surface area contributed by atoms with Gasteiger partial charge in [0, 0.05) is 12.2 Å². The molecule has 0 radical (unpaired) electrons. The Morgan fingerprint density at radius 2 is 2.14 bits per heavy atom. The number of ether oxygens (including phenoxy) is 1. The summed E-state index contributed by atoms with van der Waals surface area (Å²) < 4.78 is 5.19. The second-order valence-corrected chi connectivity index (χ2v) is 5.39. The average Bonchev–Trinajstić information content (AvgIpc) is 2.50. The largest absolute Gasteiger partial charge is 0.495 e. The highest BCUT2D eigenvalue weighted by Gasteiger charge is 2.07. The SMILES string of the molecule is COc1ccccc1NC(=O)CCSc1ccc(N)cn1. The average molecular weight is 303 g/mol. The van der Waals surface area contributed by atoms with Gasteiger partial charge in [0.1, 0.15) is 5.75 Å². The zero-order valence-corrected chi connectivity index (χ0v) is 12.5. The highest BCUT2D eigenvalue weighted by atomic mass is 32.2. The van der Waals surface area contributed by atoms with Crippen LogP contribution in [-0.2, 0) is 4.79 Å². The molecular formula is C15H17N3O2S. The van der Waals surface area contributed by atoms with E-state index in [9.17, 15) is 4.79 Å². The summed E-state index contributed by atoms with van der Waals surface area (Å²) in [6.07, 6.45) is 2.01. The predicted molar refractivity (Wildman–Crippen MR) is 85.6 cm³/mol. The van der Waals surface area contributed by atoms with E-state index in [1.165, 1.54) is 11.8 Å². The minimum Gasteiger partial charge on any atom is -0.495 e. The summed E-state index contributed by atoms with van der Waals surface area (Å²) in [7, 11) is 1.58. The number of nitrogen functional groups attached to an aromatic ring is 1. The zero-order chi connectivity index (χ0) is 15.1. The molecule has 110 valence electrons. The number of benzene rings is 1. The molecule has 0 spiro atoms. The third kappa shape index (κ3) is 4.68. The quantitative estimate of drug-likeness (QED) is 0.802. The van der Waals surface area contributed by atoms with Crippen molar-refractivity contribution in [2.45, 2.75) is 11.4 Å². The van der Waals surface area contributed by atoms with E-state index in [-0.39, 0.29) is 5.91 Å². The molecule has 0 unspecified atom stereocenters. The number of carbonyl (C=O) groups is 1. The van der Waals surface area contributed by atoms with Crippen LogP contribution in [0.5, 0.6) is 5.75 Å². The number of thioether (sulfide) groups is 1. The molecule has 1 heterocycles. The Kier molecular flexibility index (Phi) is 5.45. The number of carbonyl (C=O) groups excluding carboxylic acids is 1. The first-order valence-electron chi connectivity index (χ1n) is 6.46. The van der Waals surface area contributed by atoms with E-state index < -0.39 is 0 Å². The number of rotatable bonds is 6. The lowest BCUT2D eigenvalue weighted by atomic mass is 10.3. The van der Waals surface area contributed by atoms with E-state index in [4.69, 9.17) is 10.5 Å². The number of nitrogens with two attached hydrogens (primary N) is 1. The van der Waals surface area contributed by atoms with Gasteiger partial charge >= 0.3 is 0 Å². The van der Waals surface area contributed by atoms with Crippen LogP contribution in [0.2, 0.25) is 0 Å². The Morgan fingerprint density at radius 1 is 1.33 bits per heavy atom. The lowest BCUT2D eigenvalue weighted by Gasteiger charge is -2.09. The fourth-order valence-corrected chi connectivity index (χ4v) is 2.47. The van der Waals surface area contributed by atoms with Gasteiger partial charge in [-0.05, 0) is 24.3 Å². The van der Waals surface area contributed by atoms with Crippen LogP contribution in [0.15, 0.2) is 47.6 Å². The number of anilines is 2. The molecule has 1 aromatic carbocycles. The summed E-state index contributed by atoms with van der Waals surface area (Å²) in [5, 5.41) is 3.69. The molecule has 1 aromatic heterocycles. The van der Waals surface area contributed by atoms with E-state index >= 15 is 0 Å². The molecule has 21 heavy (non-hydrogen) atoms. The molecule has 0 aliphatic rings. The number of para-hydroxylation sites is 2. The maximum absolute atomic E-state index is 11.9. The fourth-order valence-electron chi connectivity index (χ4n) is 1.69. The molecule has 0 atom stereocenters. The number of nitrogens with one attached hydrogen (secondary N) is 1. The van der Waals surface area contributed by atoms with Gasteiger partial charge in [-0.25, -0.2) is 4.98 Å². The van der Waals surface area contributed by atoms with Crippen molar-refractivity contribution in [1.82, 2.24) is 4.98 Å². The van der Waals surface area contributed by atoms with Gasteiger partial charge < -0.3 is 15.8 Å². The van der Waals surface area contributed by atoms with Crippen LogP contribution in [0.1, 0.15) is 6.42 Å². The summed E-state index contributed by atoms with van der Waals surface area (Å²) in [4.78, 5) is 16.1. The van der Waals surface area contributed by atoms with Crippen molar-refractivity contribution in [2.24, 2.45) is 0 Å². The lowest BCUT2D eigenvalue weighted by molar-refractivity contribution is -0.115. The van der Waals surface area contributed by atoms with E-state index in [0.717, 1.165) is 5.03 Å². The minimum absolute atomic E-state index is 0.0533. The number of amides is 1. The Morgan fingerprint density at radius 3 is 2.86 bits per heavy atom. The molecule has 0 saturated carbocycles. The van der Waals surface area contributed by atoms with Crippen molar-refractivity contribution in [2.75, 3.05) is 23.9 Å². The van der Waals surface area contributed by atoms with Crippen molar-refractivity contribution < 1.29 is 9.53 Å². The molecule has 1 amide bonds. The molecule has 0 saturated heterocycles. The van der Waals surface area contributed by atoms with Gasteiger partial charge in [0.2, 0.25) is 5.91 Å². The predicted octanol–water partition coefficient (Wildman–Crippen LogP) is 2.79. The van der Waals surface area contributed by atoms with Crippen molar-refractivity contribution in [3.8, 4) is 5.75 Å². The highest BCUT2D eigenvalue weighted by Crippen LogP contribution is 2.23. The van der Waals surface area contributed by atoms with Crippen molar-refractivity contribution >= 4 is 29.0 Å². The Balaban J connectivity index is 1.81. The number of aromatic nitrogens is 1. The molecule has 0 aliphatic carbocycles. The lowest BCUT2D eigenvalue weighted by Crippen LogP contribution is -2.12. The molecule has 5 nitrogen and oxygen atoms in total. The van der Waals surface area contributed by atoms with Crippen LogP contribution in [-0.4, -0.2) is 23.8 Å². The molecule has 3 N–H and O–H groups in total. The summed E-state index contributed by atoms with van der Waals surface area (Å²) >= 11 is 1.52. The number of pyridine rings is 1. The highest BCUT2D eigenvalue weighted by molar-refractivity contribution is 7.99. The Bertz CT molecular complexity index is 602. The molecule has 0 bridgehead atoms. The van der Waals surface area contributed by atoms with Crippen molar-refractivity contribution in [3.63, 3.8) is 0 Å². The Hall–Kier alpha value is -2.21. The summed E-state index contributed by atoms with van der Waals surface area (Å²) in [5.41, 5.74) is 6.88. The van der Waals surface area contributed by atoms with Gasteiger partial charge in [-0.15, -0.1) is 11.8 Å². The molecule has 0 aliphatic heterocycles. The van der Waals surface area contributed by atoms with Gasteiger partial charge in [0.15, 0.2) is 0 Å². The third-order valence-corrected chi connectivity index (χ3v) is 3.66. The summed E-state index contributed by atoms with van der Waals surface area (Å²) in [6, 6.07) is 11.0. The van der Waals surface area contributed by atoms with Gasteiger partial charge in [-0.2, -0.15) is 0 Å². The van der Waals surface area contributed by atoms with Crippen LogP contribution in [0, 0.1) is 0 Å². The first-order chi connectivity index (χ1) is 10.2. The standard InChI is InChI=1S/C15H17N3O2S/c1-20-13-5-3-2-4-12(13)18-14(19)8-9-21-15-7-6-11(16)10-17-15/h2-7,10H,8-9,16H2,1H3,(H,18,19).